The van der Waals surface area contributed by atoms with Gasteiger partial charge in [0.1, 0.15) is 0 Å². The van der Waals surface area contributed by atoms with E-state index < -0.39 is 58.1 Å². The van der Waals surface area contributed by atoms with Gasteiger partial charge in [-0.2, -0.15) is 0 Å². The maximum absolute atomic E-state index is 8.61. The van der Waals surface area contributed by atoms with E-state index in [0.717, 1.165) is 0 Å². The minimum atomic E-state index is -5.88. The zero-order chi connectivity index (χ0) is 18.0. The third-order valence-electron chi connectivity index (χ3n) is 0. The molecule has 0 radical (unpaired) electrons. The fraction of sp³-hybridized carbons (Fsp3) is 0. The van der Waals surface area contributed by atoms with Crippen LogP contribution in [0.4, 0.5) is 0 Å². The van der Waals surface area contributed by atoms with Gasteiger partial charge >= 0.3 is 201 Å². The summed E-state index contributed by atoms with van der Waals surface area (Å²) in [5.74, 6) is 0. The topological polar surface area (TPSA) is 345 Å². The van der Waals surface area contributed by atoms with Crippen LogP contribution in [0.5, 0.6) is 0 Å². The van der Waals surface area contributed by atoms with Crippen LogP contribution in [-0.4, -0.2) is 58.1 Å². The average Bonchev–Trinajstić information content (AvgIpc) is 1.62. The molecule has 0 aromatic rings. The van der Waals surface area contributed by atoms with Gasteiger partial charge in [-0.1, -0.05) is 0 Å². The largest absolute Gasteiger partial charge is 4.00 e. The van der Waals surface area contributed by atoms with Gasteiger partial charge in [0.2, 0.25) is 0 Å². The van der Waals surface area contributed by atoms with Crippen molar-refractivity contribution in [1.29, 1.82) is 0 Å². The van der Waals surface area contributed by atoms with Crippen LogP contribution in [-0.2, 0) is 93.6 Å². The van der Waals surface area contributed by atoms with Gasteiger partial charge in [0.05, 0.1) is 0 Å². The Labute approximate surface area is 197 Å². The Morgan fingerprint density at radius 3 is 0.304 bits per heavy atom. The van der Waals surface area contributed by atoms with E-state index in [4.69, 9.17) is 64.1 Å². The van der Waals surface area contributed by atoms with Gasteiger partial charge in [0.25, 0.3) is 0 Å². The molecule has 23 heavy (non-hydrogen) atoms. The van der Waals surface area contributed by atoms with Gasteiger partial charge < -0.3 is 0 Å². The van der Waals surface area contributed by atoms with Gasteiger partial charge in [-0.05, 0) is 0 Å². The van der Waals surface area contributed by atoms with Crippen LogP contribution in [0.1, 0.15) is 0 Å². The fourth-order valence-electron chi connectivity index (χ4n) is 0. The Hall–Kier alpha value is 3.60. The first-order valence-corrected chi connectivity index (χ1v) is 15.2. The van der Waals surface area contributed by atoms with Gasteiger partial charge in [-0.25, -0.2) is 0 Å². The summed E-state index contributed by atoms with van der Waals surface area (Å²) in [4.78, 5) is 0. The maximum atomic E-state index is 8.61. The van der Waals surface area contributed by atoms with E-state index in [2.05, 4.69) is 0 Å². The number of hydrogen-bond donors (Lipinski definition) is 0. The summed E-state index contributed by atoms with van der Waals surface area (Å²) in [5.41, 5.74) is 0. The molecular weight excluding hydrogens is 829 g/mol. The monoisotopic (exact) mass is 825 g/mol. The van der Waals surface area contributed by atoms with E-state index in [0.29, 0.717) is 0 Å². The molecule has 0 saturated carbocycles. The molecule has 0 rings (SSSR count). The normalized spacial score (nSPS) is 10.3. The van der Waals surface area contributed by atoms with Crippen molar-refractivity contribution in [2.75, 3.05) is 0 Å². The summed E-state index contributed by atoms with van der Waals surface area (Å²) >= 11 is -23.5. The summed E-state index contributed by atoms with van der Waals surface area (Å²) in [7, 11) is 0. The summed E-state index contributed by atoms with van der Waals surface area (Å²) in [6, 6.07) is 0. The molecule has 0 aliphatic rings. The molecule has 23 heteroatoms. The van der Waals surface area contributed by atoms with Crippen molar-refractivity contribution in [3.05, 3.63) is 0 Å². The van der Waals surface area contributed by atoms with Crippen LogP contribution in [0.25, 0.3) is 0 Å². The molecule has 0 aliphatic heterocycles. The van der Waals surface area contributed by atoms with E-state index in [-0.39, 0.29) is 78.6 Å². The van der Waals surface area contributed by atoms with Crippen LogP contribution in [0.2, 0.25) is 0 Å². The van der Waals surface area contributed by atoms with Gasteiger partial charge in [-0.3, -0.25) is 0 Å². The van der Waals surface area contributed by atoms with Crippen molar-refractivity contribution in [1.82, 2.24) is 0 Å². The average molecular weight is 829 g/mol. The van der Waals surface area contributed by atoms with E-state index >= 15 is 0 Å². The molecule has 128 valence electrons. The molecule has 0 bridgehead atoms. The Kier molecular flexibility index (Phi) is 40.1. The molecule has 0 unspecified atom stereocenters. The second-order valence-electron chi connectivity index (χ2n) is 1.79. The van der Waals surface area contributed by atoms with E-state index in [1.807, 2.05) is 0 Å². The second kappa shape index (κ2) is 20.3. The zero-order valence-corrected chi connectivity index (χ0v) is 24.7. The van der Waals surface area contributed by atoms with E-state index in [1.165, 1.54) is 0 Å². The van der Waals surface area contributed by atoms with Gasteiger partial charge in [0.15, 0.2) is 0 Å². The molecule has 0 spiro atoms. The Morgan fingerprint density at radius 2 is 0.304 bits per heavy atom. The Bertz CT molecular complexity index is 292. The van der Waals surface area contributed by atoms with E-state index in [1.54, 1.807) is 0 Å². The van der Waals surface area contributed by atoms with Gasteiger partial charge in [-0.15, -0.1) is 0 Å². The molecule has 16 nitrogen and oxygen atoms in total. The zero-order valence-electron chi connectivity index (χ0n) is 9.82. The predicted molar refractivity (Wildman–Crippen MR) is 25.8 cm³/mol. The summed E-state index contributed by atoms with van der Waals surface area (Å²) < 4.78 is 138. The molecule has 0 aromatic heterocycles. The van der Waals surface area contributed by atoms with Crippen LogP contribution in [0.15, 0.2) is 0 Å². The third-order valence-corrected chi connectivity index (χ3v) is 0. The fourth-order valence-corrected chi connectivity index (χ4v) is 0. The molecule has 0 heterocycles. The molecule has 0 saturated heterocycles. The Balaban J connectivity index is -0.0000000284. The minimum Gasteiger partial charge on any atom is 4.00 e. The molecular formula is As4O16Zr3. The van der Waals surface area contributed by atoms with Crippen molar-refractivity contribution in [3.63, 3.8) is 0 Å². The van der Waals surface area contributed by atoms with Crippen molar-refractivity contribution >= 4 is 58.1 Å². The summed E-state index contributed by atoms with van der Waals surface area (Å²) in [5, 5.41) is 0. The molecule has 0 atom stereocenters. The first kappa shape index (κ1) is 45.4. The first-order valence-electron chi connectivity index (χ1n) is 2.92. The quantitative estimate of drug-likeness (QED) is 0.205. The van der Waals surface area contributed by atoms with E-state index in [9.17, 15) is 0 Å². The summed E-state index contributed by atoms with van der Waals surface area (Å²) in [6.45, 7) is 0. The van der Waals surface area contributed by atoms with Crippen molar-refractivity contribution in [2.24, 2.45) is 0 Å². The second-order valence-corrected chi connectivity index (χ2v) is 9.30. The SMILES string of the molecule is O=[As]([O-])([O-])[O-].O=[As]([O-])([O-])[O-].O=[As]([O-])([O-])[O-].O=[As]([O-])([O-])[O-].[Zr+4].[Zr+4].[Zr+4]. The first-order chi connectivity index (χ1) is 8.00. The summed E-state index contributed by atoms with van der Waals surface area (Å²) in [6.07, 6.45) is 0. The van der Waals surface area contributed by atoms with Crippen molar-refractivity contribution in [2.45, 2.75) is 0 Å². The molecule has 0 aromatic carbocycles. The van der Waals surface area contributed by atoms with Crippen LogP contribution < -0.4 is 49.1 Å². The van der Waals surface area contributed by atoms with Crippen LogP contribution in [0.3, 0.4) is 0 Å². The maximum Gasteiger partial charge on any atom is 4.00 e. The van der Waals surface area contributed by atoms with Crippen LogP contribution in [0, 0.1) is 0 Å². The Morgan fingerprint density at radius 1 is 0.304 bits per heavy atom. The smallest absolute Gasteiger partial charge is 4.00 e. The standard InChI is InChI=1S/4AsH3O4.3Zr/c4*2-1(3,4)5;;;/h4*(H3,2,3,4,5);;;/q;;;;3*+4/p-12. The molecule has 0 fully saturated rings. The van der Waals surface area contributed by atoms with Crippen LogP contribution >= 0.6 is 0 Å². The van der Waals surface area contributed by atoms with Crippen molar-refractivity contribution < 1.29 is 143 Å². The van der Waals surface area contributed by atoms with Crippen molar-refractivity contribution in [3.8, 4) is 0 Å². The number of rotatable bonds is 0. The molecule has 0 N–H and O–H groups in total. The minimum absolute atomic E-state index is 0. The van der Waals surface area contributed by atoms with Gasteiger partial charge in [0, 0.05) is 0 Å². The molecule has 0 aliphatic carbocycles. The number of hydrogen-bond acceptors (Lipinski definition) is 16. The third kappa shape index (κ3) is 1100. The molecule has 0 amide bonds. The predicted octanol–water partition coefficient (Wildman–Crippen LogP) is -16.3.